The summed E-state index contributed by atoms with van der Waals surface area (Å²) in [5.41, 5.74) is 3.30. The van der Waals surface area contributed by atoms with Gasteiger partial charge in [0.05, 0.1) is 28.2 Å². The zero-order valence-electron chi connectivity index (χ0n) is 14.0. The summed E-state index contributed by atoms with van der Waals surface area (Å²) in [4.78, 5) is 17.0. The van der Waals surface area contributed by atoms with Crippen molar-refractivity contribution in [2.75, 3.05) is 12.4 Å². The van der Waals surface area contributed by atoms with Crippen molar-refractivity contribution in [2.45, 2.75) is 6.92 Å². The van der Waals surface area contributed by atoms with Crippen LogP contribution in [0.1, 0.15) is 15.9 Å². The molecule has 0 unspecified atom stereocenters. The van der Waals surface area contributed by atoms with E-state index in [9.17, 15) is 4.79 Å². The zero-order valence-corrected chi connectivity index (χ0v) is 14.8. The van der Waals surface area contributed by atoms with Crippen LogP contribution in [0.15, 0.2) is 36.4 Å². The van der Waals surface area contributed by atoms with Crippen LogP contribution in [0, 0.1) is 6.92 Å². The van der Waals surface area contributed by atoms with Crippen LogP contribution in [-0.4, -0.2) is 27.8 Å². The molecule has 2 heterocycles. The smallest absolute Gasteiger partial charge is 0.257 e. The van der Waals surface area contributed by atoms with Gasteiger partial charge in [-0.2, -0.15) is 5.10 Å². The van der Waals surface area contributed by atoms with Crippen LogP contribution in [0.4, 0.5) is 5.13 Å². The van der Waals surface area contributed by atoms with Crippen molar-refractivity contribution in [3.05, 3.63) is 47.5 Å². The number of nitrogens with one attached hydrogen (secondary N) is 1. The number of fused-ring (bicyclic) bond motifs is 2. The summed E-state index contributed by atoms with van der Waals surface area (Å²) in [6.45, 7) is 2.04. The number of benzene rings is 2. The fourth-order valence-electron chi connectivity index (χ4n) is 2.81. The maximum atomic E-state index is 12.6. The summed E-state index contributed by atoms with van der Waals surface area (Å²) >= 11 is 1.47. The number of ether oxygens (including phenoxy) is 1. The number of carbonyl (C=O) groups is 1. The highest BCUT2D eigenvalue weighted by atomic mass is 32.1. The lowest BCUT2D eigenvalue weighted by molar-refractivity contribution is 0.102. The molecule has 0 bridgehead atoms. The Morgan fingerprint density at radius 2 is 2.04 bits per heavy atom. The van der Waals surface area contributed by atoms with Crippen molar-refractivity contribution in [1.82, 2.24) is 14.8 Å². The second kappa shape index (κ2) is 5.86. The fraction of sp³-hybridized carbons (Fsp3) is 0.167. The zero-order chi connectivity index (χ0) is 17.6. The Kier molecular flexibility index (Phi) is 3.65. The summed E-state index contributed by atoms with van der Waals surface area (Å²) in [6.07, 6.45) is 0. The van der Waals surface area contributed by atoms with Crippen molar-refractivity contribution >= 4 is 43.5 Å². The fourth-order valence-corrected chi connectivity index (χ4v) is 3.77. The molecular formula is C18H16N4O2S. The average molecular weight is 352 g/mol. The van der Waals surface area contributed by atoms with Gasteiger partial charge in [-0.1, -0.05) is 17.4 Å². The lowest BCUT2D eigenvalue weighted by Gasteiger charge is -2.02. The first kappa shape index (κ1) is 15.6. The van der Waals surface area contributed by atoms with E-state index in [1.807, 2.05) is 32.2 Å². The minimum Gasteiger partial charge on any atom is -0.481 e. The molecule has 0 aliphatic rings. The molecule has 6 nitrogen and oxygen atoms in total. The number of amides is 1. The summed E-state index contributed by atoms with van der Waals surface area (Å²) in [5, 5.41) is 8.71. The number of nitrogens with zero attached hydrogens (tertiary/aromatic N) is 3. The second-order valence-electron chi connectivity index (χ2n) is 5.81. The number of carbonyl (C=O) groups excluding carboxylic acids is 1. The average Bonchev–Trinajstić information content (AvgIpc) is 3.12. The van der Waals surface area contributed by atoms with Gasteiger partial charge < -0.3 is 4.74 Å². The minimum absolute atomic E-state index is 0.206. The van der Waals surface area contributed by atoms with Crippen molar-refractivity contribution in [3.8, 4) is 5.88 Å². The normalized spacial score (nSPS) is 11.2. The van der Waals surface area contributed by atoms with Gasteiger partial charge in [0.1, 0.15) is 0 Å². The molecule has 1 amide bonds. The van der Waals surface area contributed by atoms with E-state index >= 15 is 0 Å². The molecule has 4 rings (SSSR count). The second-order valence-corrected chi connectivity index (χ2v) is 6.84. The Balaban J connectivity index is 1.64. The predicted molar refractivity (Wildman–Crippen MR) is 99.6 cm³/mol. The molecule has 0 atom stereocenters. The maximum Gasteiger partial charge on any atom is 0.257 e. The Morgan fingerprint density at radius 1 is 1.20 bits per heavy atom. The highest BCUT2D eigenvalue weighted by Crippen LogP contribution is 2.28. The molecule has 0 spiro atoms. The molecular weight excluding hydrogens is 336 g/mol. The molecule has 126 valence electrons. The lowest BCUT2D eigenvalue weighted by atomic mass is 10.1. The third kappa shape index (κ3) is 2.72. The lowest BCUT2D eigenvalue weighted by Crippen LogP contribution is -2.11. The third-order valence-corrected chi connectivity index (χ3v) is 4.93. The molecule has 4 aromatic rings. The van der Waals surface area contributed by atoms with E-state index in [0.717, 1.165) is 15.6 Å². The number of anilines is 1. The molecule has 7 heteroatoms. The van der Waals surface area contributed by atoms with Crippen LogP contribution in [0.5, 0.6) is 5.88 Å². The molecule has 0 aliphatic heterocycles. The topological polar surface area (TPSA) is 69.0 Å². The van der Waals surface area contributed by atoms with Gasteiger partial charge in [0.15, 0.2) is 5.13 Å². The number of thiazole rings is 1. The van der Waals surface area contributed by atoms with Crippen LogP contribution in [0.3, 0.4) is 0 Å². The Hall–Kier alpha value is -2.93. The van der Waals surface area contributed by atoms with E-state index < -0.39 is 0 Å². The first-order valence-corrected chi connectivity index (χ1v) is 8.56. The first-order chi connectivity index (χ1) is 12.0. The van der Waals surface area contributed by atoms with Crippen molar-refractivity contribution in [1.29, 1.82) is 0 Å². The maximum absolute atomic E-state index is 12.6. The summed E-state index contributed by atoms with van der Waals surface area (Å²) in [6, 6.07) is 11.4. The van der Waals surface area contributed by atoms with Crippen LogP contribution >= 0.6 is 11.3 Å². The molecule has 0 aliphatic carbocycles. The van der Waals surface area contributed by atoms with Gasteiger partial charge >= 0.3 is 0 Å². The van der Waals surface area contributed by atoms with E-state index in [2.05, 4.69) is 21.5 Å². The number of aromatic nitrogens is 3. The number of hydrogen-bond donors (Lipinski definition) is 1. The Labute approximate surface area is 148 Å². The molecule has 0 saturated carbocycles. The van der Waals surface area contributed by atoms with Gasteiger partial charge in [0.25, 0.3) is 5.91 Å². The minimum atomic E-state index is -0.206. The highest BCUT2D eigenvalue weighted by molar-refractivity contribution is 7.22. The number of hydrogen-bond acceptors (Lipinski definition) is 5. The standard InChI is InChI=1S/C18H16N4O2S/c1-10-4-7-13-15(8-10)25-18(19-13)20-16(23)11-5-6-12-14(9-11)21-22(2)17(12)24-3/h4-9H,1-3H3,(H,19,20,23). The first-order valence-electron chi connectivity index (χ1n) is 7.74. The van der Waals surface area contributed by atoms with E-state index in [1.54, 1.807) is 23.9 Å². The van der Waals surface area contributed by atoms with Gasteiger partial charge in [-0.3, -0.25) is 10.1 Å². The van der Waals surface area contributed by atoms with Crippen LogP contribution in [0.2, 0.25) is 0 Å². The van der Waals surface area contributed by atoms with Gasteiger partial charge in [0, 0.05) is 12.6 Å². The molecule has 0 saturated heterocycles. The van der Waals surface area contributed by atoms with E-state index in [-0.39, 0.29) is 5.91 Å². The van der Waals surface area contributed by atoms with Gasteiger partial charge in [-0.05, 0) is 42.8 Å². The molecule has 25 heavy (non-hydrogen) atoms. The number of aryl methyl sites for hydroxylation is 2. The third-order valence-electron chi connectivity index (χ3n) is 4.00. The van der Waals surface area contributed by atoms with Gasteiger partial charge in [0.2, 0.25) is 5.88 Å². The summed E-state index contributed by atoms with van der Waals surface area (Å²) in [5.74, 6) is 0.464. The van der Waals surface area contributed by atoms with E-state index in [0.29, 0.717) is 22.1 Å². The van der Waals surface area contributed by atoms with Gasteiger partial charge in [-0.25, -0.2) is 9.67 Å². The molecule has 0 fully saturated rings. The van der Waals surface area contributed by atoms with E-state index in [4.69, 9.17) is 4.74 Å². The van der Waals surface area contributed by atoms with Crippen LogP contribution in [0.25, 0.3) is 21.1 Å². The highest BCUT2D eigenvalue weighted by Gasteiger charge is 2.14. The molecule has 2 aromatic carbocycles. The van der Waals surface area contributed by atoms with Crippen LogP contribution < -0.4 is 10.1 Å². The van der Waals surface area contributed by atoms with Crippen molar-refractivity contribution in [2.24, 2.45) is 7.05 Å². The van der Waals surface area contributed by atoms with Crippen molar-refractivity contribution < 1.29 is 9.53 Å². The van der Waals surface area contributed by atoms with Crippen molar-refractivity contribution in [3.63, 3.8) is 0 Å². The van der Waals surface area contributed by atoms with Gasteiger partial charge in [-0.15, -0.1) is 0 Å². The summed E-state index contributed by atoms with van der Waals surface area (Å²) in [7, 11) is 3.41. The molecule has 0 radical (unpaired) electrons. The summed E-state index contributed by atoms with van der Waals surface area (Å²) < 4.78 is 8.04. The number of methoxy groups -OCH3 is 1. The Morgan fingerprint density at radius 3 is 2.84 bits per heavy atom. The number of rotatable bonds is 3. The predicted octanol–water partition coefficient (Wildman–Crippen LogP) is 3.75. The molecule has 2 aromatic heterocycles. The van der Waals surface area contributed by atoms with Crippen LogP contribution in [-0.2, 0) is 7.05 Å². The SMILES string of the molecule is COc1c2ccc(C(=O)Nc3nc4ccc(C)cc4s3)cc2nn1C. The Bertz CT molecular complexity index is 1110. The quantitative estimate of drug-likeness (QED) is 0.610. The molecule has 1 N–H and O–H groups in total. The monoisotopic (exact) mass is 352 g/mol. The van der Waals surface area contributed by atoms with E-state index in [1.165, 1.54) is 16.9 Å². The largest absolute Gasteiger partial charge is 0.481 e.